The summed E-state index contributed by atoms with van der Waals surface area (Å²) in [6, 6.07) is 0. The van der Waals surface area contributed by atoms with E-state index in [1.807, 2.05) is 4.90 Å². The molecule has 4 rings (SSSR count). The standard InChI is InChI=1S/C36H75N.C24BF20/c1-4-7-10-13-16-19-22-25-28-31-34-37(35-32-29-26-23-20-17-14-11-8-5-2)36-33-30-27-24-21-18-15-12-9-6-3;26-5-1(6(27)14(35)21(42)13(5)34)25(2-7(28)15(36)22(43)16(37)8(2)29,3-9(30)17(38)23(44)18(39)10(3)31)4-11(32)19(40)24(45)20(41)12(4)33/h4-36H2,1-3H3;/q;-1/p+1. The Balaban J connectivity index is 0.000000440. The highest BCUT2D eigenvalue weighted by Crippen LogP contribution is 2.31. The fraction of sp³-hybridized carbons (Fsp3) is 0.600. The van der Waals surface area contributed by atoms with Gasteiger partial charge in [0.25, 0.3) is 0 Å². The van der Waals surface area contributed by atoms with Crippen molar-refractivity contribution in [1.82, 2.24) is 0 Å². The molecule has 0 fully saturated rings. The molecule has 4 aromatic rings. The van der Waals surface area contributed by atoms with E-state index < -0.39 is 144 Å². The Morgan fingerprint density at radius 3 is 0.451 bits per heavy atom. The normalized spacial score (nSPS) is 11.9. The van der Waals surface area contributed by atoms with Crippen molar-refractivity contribution in [2.24, 2.45) is 0 Å². The van der Waals surface area contributed by atoms with Crippen molar-refractivity contribution in [1.29, 1.82) is 0 Å². The predicted molar refractivity (Wildman–Crippen MR) is 280 cm³/mol. The fourth-order valence-electron chi connectivity index (χ4n) is 10.8. The number of quaternary nitrogens is 1. The van der Waals surface area contributed by atoms with Crippen LogP contribution >= 0.6 is 0 Å². The van der Waals surface area contributed by atoms with Crippen LogP contribution in [0, 0.1) is 116 Å². The molecule has 0 amide bonds. The Morgan fingerprint density at radius 1 is 0.183 bits per heavy atom. The van der Waals surface area contributed by atoms with Crippen LogP contribution in [0.15, 0.2) is 0 Å². The van der Waals surface area contributed by atoms with Crippen LogP contribution in [0.5, 0.6) is 0 Å². The van der Waals surface area contributed by atoms with E-state index in [9.17, 15) is 52.7 Å². The highest BCUT2D eigenvalue weighted by Gasteiger charge is 2.52. The van der Waals surface area contributed by atoms with Crippen LogP contribution in [-0.2, 0) is 0 Å². The first-order valence-corrected chi connectivity index (χ1v) is 29.1. The zero-order valence-corrected chi connectivity index (χ0v) is 47.0. The smallest absolute Gasteiger partial charge is 0.200 e. The summed E-state index contributed by atoms with van der Waals surface area (Å²) in [5, 5.41) is 0. The summed E-state index contributed by atoms with van der Waals surface area (Å²) in [6.45, 7) is 11.3. The van der Waals surface area contributed by atoms with E-state index in [0.29, 0.717) is 0 Å². The van der Waals surface area contributed by atoms with E-state index >= 15 is 35.1 Å². The van der Waals surface area contributed by atoms with E-state index in [1.165, 1.54) is 212 Å². The van der Waals surface area contributed by atoms with Gasteiger partial charge in [-0.3, -0.25) is 0 Å². The maximum Gasteiger partial charge on any atom is 0.200 e. The second-order valence-corrected chi connectivity index (χ2v) is 21.3. The molecular weight excluding hydrogens is 1130 g/mol. The number of nitrogens with one attached hydrogen (secondary N) is 1. The van der Waals surface area contributed by atoms with Crippen molar-refractivity contribution >= 4 is 28.0 Å². The molecule has 0 aromatic heterocycles. The molecule has 464 valence electrons. The maximum absolute atomic E-state index is 15.4. The van der Waals surface area contributed by atoms with Crippen LogP contribution in [0.1, 0.15) is 213 Å². The molecule has 1 N–H and O–H groups in total. The van der Waals surface area contributed by atoms with Gasteiger partial charge in [0.05, 0.1) is 19.6 Å². The lowest BCUT2D eigenvalue weighted by atomic mass is 9.12. The third-order valence-corrected chi connectivity index (χ3v) is 15.4. The number of halogens is 20. The average molecular weight is 1200 g/mol. The van der Waals surface area contributed by atoms with Crippen LogP contribution < -0.4 is 26.8 Å². The Bertz CT molecular complexity index is 2170. The number of rotatable bonds is 37. The van der Waals surface area contributed by atoms with Gasteiger partial charge in [0.2, 0.25) is 0 Å². The monoisotopic (exact) mass is 1200 g/mol. The highest BCUT2D eigenvalue weighted by molar-refractivity contribution is 7.20. The molecule has 0 aliphatic rings. The summed E-state index contributed by atoms with van der Waals surface area (Å²) in [5.74, 6) is -71.4. The summed E-state index contributed by atoms with van der Waals surface area (Å²) in [5.41, 5.74) is -14.3. The lowest BCUT2D eigenvalue weighted by Crippen LogP contribution is -3.12. The van der Waals surface area contributed by atoms with Crippen LogP contribution in [0.25, 0.3) is 0 Å². The van der Waals surface area contributed by atoms with Gasteiger partial charge >= 0.3 is 0 Å². The number of hydrogen-bond acceptors (Lipinski definition) is 0. The van der Waals surface area contributed by atoms with Crippen molar-refractivity contribution in [2.45, 2.75) is 213 Å². The molecule has 0 saturated heterocycles. The van der Waals surface area contributed by atoms with Crippen LogP contribution in [0.4, 0.5) is 87.8 Å². The molecule has 0 atom stereocenters. The van der Waals surface area contributed by atoms with E-state index in [-0.39, 0.29) is 0 Å². The quantitative estimate of drug-likeness (QED) is 0.0151. The van der Waals surface area contributed by atoms with E-state index in [1.54, 1.807) is 0 Å². The summed E-state index contributed by atoms with van der Waals surface area (Å²) >= 11 is 0. The molecule has 0 saturated carbocycles. The van der Waals surface area contributed by atoms with Crippen LogP contribution in [-0.4, -0.2) is 25.8 Å². The minimum atomic E-state index is -7.22. The lowest BCUT2D eigenvalue weighted by Gasteiger charge is -2.44. The van der Waals surface area contributed by atoms with Gasteiger partial charge in [-0.2, -0.15) is 0 Å². The average Bonchev–Trinajstić information content (AvgIpc) is 1.23. The lowest BCUT2D eigenvalue weighted by molar-refractivity contribution is -0.900. The molecule has 82 heavy (non-hydrogen) atoms. The van der Waals surface area contributed by atoms with Gasteiger partial charge in [0, 0.05) is 0 Å². The number of benzene rings is 4. The summed E-state index contributed by atoms with van der Waals surface area (Å²) < 4.78 is 294. The van der Waals surface area contributed by atoms with E-state index in [0.717, 1.165) is 0 Å². The van der Waals surface area contributed by atoms with Gasteiger partial charge < -0.3 is 4.90 Å². The van der Waals surface area contributed by atoms with Gasteiger partial charge in [0.15, 0.2) is 69.8 Å². The summed E-state index contributed by atoms with van der Waals surface area (Å²) in [6.07, 6.45) is 36.7. The van der Waals surface area contributed by atoms with Crippen molar-refractivity contribution in [2.75, 3.05) is 19.6 Å². The molecule has 0 heterocycles. The zero-order chi connectivity index (χ0) is 61.3. The number of hydrogen-bond donors (Lipinski definition) is 1. The molecule has 22 heteroatoms. The first-order valence-electron chi connectivity index (χ1n) is 29.1. The molecule has 0 unspecified atom stereocenters. The van der Waals surface area contributed by atoms with Crippen LogP contribution in [0.3, 0.4) is 0 Å². The number of unbranched alkanes of at least 4 members (excludes halogenated alkanes) is 27. The van der Waals surface area contributed by atoms with Gasteiger partial charge in [-0.05, 0) is 38.5 Å². The second kappa shape index (κ2) is 36.4. The summed E-state index contributed by atoms with van der Waals surface area (Å²) in [4.78, 5) is 1.94. The SMILES string of the molecule is CCCCCCCCCCCC[NH+](CCCCCCCCCCCC)CCCCCCCCCCCC.Fc1c(F)c(F)c([B-](c2c(F)c(F)c(F)c(F)c2F)(c2c(F)c(F)c(F)c(F)c2F)c2c(F)c(F)c(F)c(F)c2F)c(F)c1F. The molecule has 0 radical (unpaired) electrons. The first-order chi connectivity index (χ1) is 39.0. The van der Waals surface area contributed by atoms with Gasteiger partial charge in [-0.25, -0.2) is 87.8 Å². The van der Waals surface area contributed by atoms with E-state index in [2.05, 4.69) is 20.8 Å². The minimum absolute atomic E-state index is 1.37. The summed E-state index contributed by atoms with van der Waals surface area (Å²) in [7, 11) is 0. The molecule has 0 bridgehead atoms. The Labute approximate surface area is 468 Å². The topological polar surface area (TPSA) is 4.44 Å². The molecule has 4 aromatic carbocycles. The predicted octanol–water partition coefficient (Wildman–Crippen LogP) is 17.5. The third-order valence-electron chi connectivity index (χ3n) is 15.4. The maximum atomic E-state index is 15.4. The molecule has 0 aliphatic carbocycles. The Kier molecular flexibility index (Phi) is 31.8. The largest absolute Gasteiger partial charge is 0.335 e. The third kappa shape index (κ3) is 18.3. The first kappa shape index (κ1) is 71.8. The second-order valence-electron chi connectivity index (χ2n) is 21.3. The zero-order valence-electron chi connectivity index (χ0n) is 47.0. The molecule has 0 spiro atoms. The minimum Gasteiger partial charge on any atom is -0.335 e. The van der Waals surface area contributed by atoms with Crippen molar-refractivity contribution in [3.63, 3.8) is 0 Å². The van der Waals surface area contributed by atoms with Crippen molar-refractivity contribution in [3.8, 4) is 0 Å². The fourth-order valence-corrected chi connectivity index (χ4v) is 10.8. The Hall–Kier alpha value is -4.50. The molecule has 1 nitrogen and oxygen atoms in total. The highest BCUT2D eigenvalue weighted by atomic mass is 19.2. The van der Waals surface area contributed by atoms with Crippen LogP contribution in [0.2, 0.25) is 0 Å². The Morgan fingerprint density at radius 2 is 0.305 bits per heavy atom. The molecular formula is C60H76BF20N. The van der Waals surface area contributed by atoms with Gasteiger partial charge in [0.1, 0.15) is 52.7 Å². The van der Waals surface area contributed by atoms with E-state index in [4.69, 9.17) is 0 Å². The van der Waals surface area contributed by atoms with Crippen molar-refractivity contribution in [3.05, 3.63) is 116 Å². The molecule has 0 aliphatic heterocycles. The van der Waals surface area contributed by atoms with Gasteiger partial charge in [-0.15, -0.1) is 21.9 Å². The van der Waals surface area contributed by atoms with Gasteiger partial charge in [-0.1, -0.05) is 175 Å². The van der Waals surface area contributed by atoms with Crippen molar-refractivity contribution < 1.29 is 92.7 Å².